The Morgan fingerprint density at radius 1 is 1.26 bits per heavy atom. The lowest BCUT2D eigenvalue weighted by atomic mass is 9.90. The van der Waals surface area contributed by atoms with E-state index >= 15 is 0 Å². The standard InChI is InChI=1S/C23H28N2O2/c1-14-7-9-19-18(11-14)17-5-4-6-20(23(17)25-19)24-15(2)12-16-8-10-21(26)22(13-16)27-3/h7-11,13,15,20,24-26H,4-6,12H2,1-3H3. The van der Waals surface area contributed by atoms with Crippen molar-refractivity contribution in [2.45, 2.75) is 51.6 Å². The monoisotopic (exact) mass is 364 g/mol. The molecule has 3 aromatic rings. The Hall–Kier alpha value is -2.46. The molecule has 0 spiro atoms. The Morgan fingerprint density at radius 2 is 2.11 bits per heavy atom. The minimum absolute atomic E-state index is 0.187. The minimum atomic E-state index is 0.187. The van der Waals surface area contributed by atoms with Gasteiger partial charge in [0.2, 0.25) is 0 Å². The van der Waals surface area contributed by atoms with E-state index in [1.54, 1.807) is 13.2 Å². The number of aromatic nitrogens is 1. The lowest BCUT2D eigenvalue weighted by Crippen LogP contribution is -2.34. The molecule has 0 bridgehead atoms. The van der Waals surface area contributed by atoms with Gasteiger partial charge in [-0.2, -0.15) is 0 Å². The van der Waals surface area contributed by atoms with Gasteiger partial charge < -0.3 is 20.1 Å². The largest absolute Gasteiger partial charge is 0.504 e. The fourth-order valence-electron chi connectivity index (χ4n) is 4.35. The molecule has 1 aliphatic carbocycles. The maximum absolute atomic E-state index is 9.78. The third kappa shape index (κ3) is 3.54. The number of benzene rings is 2. The van der Waals surface area contributed by atoms with Gasteiger partial charge in [-0.1, -0.05) is 17.7 Å². The number of H-pyrrole nitrogens is 1. The van der Waals surface area contributed by atoms with Crippen LogP contribution in [0.15, 0.2) is 36.4 Å². The number of phenolic OH excluding ortho intramolecular Hbond substituents is 1. The Bertz CT molecular complexity index is 960. The molecule has 2 atom stereocenters. The number of nitrogens with one attached hydrogen (secondary N) is 2. The molecular formula is C23H28N2O2. The van der Waals surface area contributed by atoms with E-state index in [1.807, 2.05) is 12.1 Å². The van der Waals surface area contributed by atoms with Crippen LogP contribution >= 0.6 is 0 Å². The SMILES string of the molecule is COc1cc(CC(C)NC2CCCc3c2[nH]c2ccc(C)cc32)ccc1O. The molecule has 2 unspecified atom stereocenters. The van der Waals surface area contributed by atoms with Gasteiger partial charge in [0, 0.05) is 28.7 Å². The summed E-state index contributed by atoms with van der Waals surface area (Å²) in [5.74, 6) is 0.720. The van der Waals surface area contributed by atoms with Gasteiger partial charge in [-0.3, -0.25) is 0 Å². The number of aromatic amines is 1. The topological polar surface area (TPSA) is 57.3 Å². The summed E-state index contributed by atoms with van der Waals surface area (Å²) < 4.78 is 5.23. The lowest BCUT2D eigenvalue weighted by Gasteiger charge is -2.27. The first-order chi connectivity index (χ1) is 13.0. The van der Waals surface area contributed by atoms with Crippen LogP contribution in [0.4, 0.5) is 0 Å². The summed E-state index contributed by atoms with van der Waals surface area (Å²) in [7, 11) is 1.59. The molecule has 1 aliphatic rings. The molecule has 27 heavy (non-hydrogen) atoms. The molecule has 4 rings (SSSR count). The summed E-state index contributed by atoms with van der Waals surface area (Å²) in [6.45, 7) is 4.38. The molecule has 0 amide bonds. The molecule has 2 aromatic carbocycles. The van der Waals surface area contributed by atoms with E-state index in [1.165, 1.54) is 34.1 Å². The minimum Gasteiger partial charge on any atom is -0.504 e. The van der Waals surface area contributed by atoms with Crippen molar-refractivity contribution in [2.24, 2.45) is 0 Å². The molecule has 0 radical (unpaired) electrons. The van der Waals surface area contributed by atoms with Crippen molar-refractivity contribution in [1.29, 1.82) is 0 Å². The van der Waals surface area contributed by atoms with Crippen LogP contribution in [0.3, 0.4) is 0 Å². The predicted molar refractivity (Wildman–Crippen MR) is 110 cm³/mol. The fraction of sp³-hybridized carbons (Fsp3) is 0.391. The second-order valence-electron chi connectivity index (χ2n) is 7.79. The summed E-state index contributed by atoms with van der Waals surface area (Å²) in [6.07, 6.45) is 4.41. The maximum atomic E-state index is 9.78. The summed E-state index contributed by atoms with van der Waals surface area (Å²) in [4.78, 5) is 3.67. The Labute approximate surface area is 160 Å². The molecule has 1 aromatic heterocycles. The van der Waals surface area contributed by atoms with Crippen molar-refractivity contribution < 1.29 is 9.84 Å². The lowest BCUT2D eigenvalue weighted by molar-refractivity contribution is 0.371. The molecule has 142 valence electrons. The van der Waals surface area contributed by atoms with Gasteiger partial charge in [0.05, 0.1) is 7.11 Å². The van der Waals surface area contributed by atoms with Crippen LogP contribution in [0.1, 0.15) is 48.2 Å². The summed E-state index contributed by atoms with van der Waals surface area (Å²) in [5.41, 5.74) is 6.56. The number of aromatic hydroxyl groups is 1. The highest BCUT2D eigenvalue weighted by Gasteiger charge is 2.25. The zero-order chi connectivity index (χ0) is 19.0. The van der Waals surface area contributed by atoms with Crippen molar-refractivity contribution in [3.05, 3.63) is 58.8 Å². The van der Waals surface area contributed by atoms with Crippen LogP contribution in [0, 0.1) is 6.92 Å². The van der Waals surface area contributed by atoms with Gasteiger partial charge in [-0.15, -0.1) is 0 Å². The number of phenols is 1. The summed E-state index contributed by atoms with van der Waals surface area (Å²) in [6, 6.07) is 13.0. The van der Waals surface area contributed by atoms with Crippen LogP contribution in [0.25, 0.3) is 10.9 Å². The highest BCUT2D eigenvalue weighted by atomic mass is 16.5. The molecule has 1 heterocycles. The summed E-state index contributed by atoms with van der Waals surface area (Å²) in [5, 5.41) is 15.0. The Morgan fingerprint density at radius 3 is 2.93 bits per heavy atom. The number of ether oxygens (including phenoxy) is 1. The number of rotatable bonds is 5. The van der Waals surface area contributed by atoms with E-state index in [-0.39, 0.29) is 5.75 Å². The van der Waals surface area contributed by atoms with Crippen LogP contribution in [0.5, 0.6) is 11.5 Å². The molecule has 0 aliphatic heterocycles. The normalized spacial score (nSPS) is 17.7. The first-order valence-electron chi connectivity index (χ1n) is 9.78. The second-order valence-corrected chi connectivity index (χ2v) is 7.79. The zero-order valence-electron chi connectivity index (χ0n) is 16.3. The number of hydrogen-bond acceptors (Lipinski definition) is 3. The van der Waals surface area contributed by atoms with Gasteiger partial charge in [0.25, 0.3) is 0 Å². The maximum Gasteiger partial charge on any atom is 0.160 e. The highest BCUT2D eigenvalue weighted by Crippen LogP contribution is 2.35. The van der Waals surface area contributed by atoms with Crippen LogP contribution < -0.4 is 10.1 Å². The van der Waals surface area contributed by atoms with Gasteiger partial charge >= 0.3 is 0 Å². The van der Waals surface area contributed by atoms with Crippen LogP contribution in [-0.2, 0) is 12.8 Å². The molecule has 4 nitrogen and oxygen atoms in total. The van der Waals surface area contributed by atoms with E-state index in [4.69, 9.17) is 4.74 Å². The van der Waals surface area contributed by atoms with Gasteiger partial charge in [-0.05, 0) is 74.9 Å². The van der Waals surface area contributed by atoms with Gasteiger partial charge in [0.15, 0.2) is 11.5 Å². The fourth-order valence-corrected chi connectivity index (χ4v) is 4.35. The number of aryl methyl sites for hydroxylation is 2. The Balaban J connectivity index is 1.53. The molecule has 0 fully saturated rings. The highest BCUT2D eigenvalue weighted by molar-refractivity contribution is 5.85. The average molecular weight is 364 g/mol. The number of fused-ring (bicyclic) bond motifs is 3. The van der Waals surface area contributed by atoms with E-state index < -0.39 is 0 Å². The second kappa shape index (κ2) is 7.28. The number of hydrogen-bond donors (Lipinski definition) is 3. The van der Waals surface area contributed by atoms with E-state index in [9.17, 15) is 5.11 Å². The quantitative estimate of drug-likeness (QED) is 0.610. The third-order valence-electron chi connectivity index (χ3n) is 5.63. The van der Waals surface area contributed by atoms with Crippen LogP contribution in [0.2, 0.25) is 0 Å². The van der Waals surface area contributed by atoms with Crippen LogP contribution in [-0.4, -0.2) is 23.2 Å². The average Bonchev–Trinajstić information content (AvgIpc) is 3.02. The number of methoxy groups -OCH3 is 1. The molecular weight excluding hydrogens is 336 g/mol. The molecule has 4 heteroatoms. The van der Waals surface area contributed by atoms with Crippen molar-refractivity contribution in [1.82, 2.24) is 10.3 Å². The predicted octanol–water partition coefficient (Wildman–Crippen LogP) is 4.79. The van der Waals surface area contributed by atoms with Crippen molar-refractivity contribution in [3.8, 4) is 11.5 Å². The first kappa shape index (κ1) is 17.9. The first-order valence-corrected chi connectivity index (χ1v) is 9.78. The summed E-state index contributed by atoms with van der Waals surface area (Å²) >= 11 is 0. The van der Waals surface area contributed by atoms with Gasteiger partial charge in [-0.25, -0.2) is 0 Å². The van der Waals surface area contributed by atoms with E-state index in [2.05, 4.69) is 42.3 Å². The molecule has 0 saturated carbocycles. The third-order valence-corrected chi connectivity index (χ3v) is 5.63. The van der Waals surface area contributed by atoms with Crippen molar-refractivity contribution in [3.63, 3.8) is 0 Å². The van der Waals surface area contributed by atoms with E-state index in [0.717, 1.165) is 24.8 Å². The smallest absolute Gasteiger partial charge is 0.160 e. The van der Waals surface area contributed by atoms with Crippen molar-refractivity contribution >= 4 is 10.9 Å². The van der Waals surface area contributed by atoms with Gasteiger partial charge in [0.1, 0.15) is 0 Å². The van der Waals surface area contributed by atoms with Crippen molar-refractivity contribution in [2.75, 3.05) is 7.11 Å². The Kier molecular flexibility index (Phi) is 4.83. The zero-order valence-corrected chi connectivity index (χ0v) is 16.3. The molecule has 3 N–H and O–H groups in total. The molecule has 0 saturated heterocycles. The van der Waals surface area contributed by atoms with E-state index in [0.29, 0.717) is 17.8 Å².